The highest BCUT2D eigenvalue weighted by Crippen LogP contribution is 2.07. The second-order valence-corrected chi connectivity index (χ2v) is 5.29. The van der Waals surface area contributed by atoms with E-state index in [2.05, 4.69) is 39.3 Å². The molecule has 0 unspecified atom stereocenters. The molecular formula is C17H27IN6O. The third-order valence-corrected chi connectivity index (χ3v) is 3.54. The molecule has 0 saturated carbocycles. The van der Waals surface area contributed by atoms with Gasteiger partial charge in [-0.15, -0.1) is 34.2 Å². The number of ether oxygens (including phenoxy) is 1. The first-order chi connectivity index (χ1) is 11.7. The molecule has 2 rings (SSSR count). The Balaban J connectivity index is 0.00000312. The number of hydrogen-bond donors (Lipinski definition) is 1. The van der Waals surface area contributed by atoms with Gasteiger partial charge in [0.2, 0.25) is 0 Å². The highest BCUT2D eigenvalue weighted by atomic mass is 127. The van der Waals surface area contributed by atoms with Crippen molar-refractivity contribution in [3.05, 3.63) is 42.5 Å². The summed E-state index contributed by atoms with van der Waals surface area (Å²) in [6.45, 7) is 7.60. The largest absolute Gasteiger partial charge is 0.492 e. The Morgan fingerprint density at radius 3 is 2.72 bits per heavy atom. The van der Waals surface area contributed by atoms with Gasteiger partial charge < -0.3 is 19.5 Å². The van der Waals surface area contributed by atoms with Crippen molar-refractivity contribution in [1.29, 1.82) is 0 Å². The van der Waals surface area contributed by atoms with Gasteiger partial charge >= 0.3 is 0 Å². The minimum atomic E-state index is 0. The molecule has 0 bridgehead atoms. The highest BCUT2D eigenvalue weighted by molar-refractivity contribution is 14.0. The Labute approximate surface area is 166 Å². The quantitative estimate of drug-likeness (QED) is 0.374. The van der Waals surface area contributed by atoms with E-state index < -0.39 is 0 Å². The van der Waals surface area contributed by atoms with E-state index in [0.717, 1.165) is 37.2 Å². The van der Waals surface area contributed by atoms with Crippen LogP contribution in [-0.4, -0.2) is 52.4 Å². The summed E-state index contributed by atoms with van der Waals surface area (Å²) in [5.41, 5.74) is 0. The average molecular weight is 458 g/mol. The number of halogens is 1. The smallest absolute Gasteiger partial charge is 0.194 e. The molecule has 0 radical (unpaired) electrons. The van der Waals surface area contributed by atoms with Crippen LogP contribution in [0.1, 0.15) is 19.7 Å². The third-order valence-electron chi connectivity index (χ3n) is 3.54. The van der Waals surface area contributed by atoms with Crippen molar-refractivity contribution >= 4 is 29.9 Å². The fraction of sp³-hybridized carbons (Fsp3) is 0.471. The number of hydrogen-bond acceptors (Lipinski definition) is 4. The van der Waals surface area contributed by atoms with E-state index in [4.69, 9.17) is 4.74 Å². The van der Waals surface area contributed by atoms with Crippen LogP contribution in [-0.2, 0) is 13.1 Å². The first kappa shape index (κ1) is 21.2. The number of nitrogens with zero attached hydrogens (tertiary/aromatic N) is 5. The molecule has 0 spiro atoms. The topological polar surface area (TPSA) is 67.6 Å². The van der Waals surface area contributed by atoms with Crippen molar-refractivity contribution in [2.75, 3.05) is 26.7 Å². The number of guanidine groups is 1. The molecule has 7 nitrogen and oxygen atoms in total. The van der Waals surface area contributed by atoms with Gasteiger partial charge in [-0.1, -0.05) is 18.2 Å². The van der Waals surface area contributed by atoms with Gasteiger partial charge in [0.1, 0.15) is 25.2 Å². The second kappa shape index (κ2) is 11.7. The molecule has 0 aliphatic rings. The van der Waals surface area contributed by atoms with Crippen LogP contribution in [0.15, 0.2) is 41.7 Å². The van der Waals surface area contributed by atoms with Crippen molar-refractivity contribution in [2.24, 2.45) is 4.99 Å². The summed E-state index contributed by atoms with van der Waals surface area (Å²) in [7, 11) is 2.00. The predicted molar refractivity (Wildman–Crippen MR) is 110 cm³/mol. The molecule has 25 heavy (non-hydrogen) atoms. The standard InChI is InChI=1S/C17H26N6O.HI/c1-4-18-17(19-13-16-21-20-14-23(16)5-2)22(3)11-12-24-15-9-7-6-8-10-15;/h6-10,14H,4-5,11-13H2,1-3H3,(H,18,19);1H. The summed E-state index contributed by atoms with van der Waals surface area (Å²) < 4.78 is 7.73. The van der Waals surface area contributed by atoms with E-state index in [-0.39, 0.29) is 24.0 Å². The van der Waals surface area contributed by atoms with Crippen LogP contribution in [0.4, 0.5) is 0 Å². The van der Waals surface area contributed by atoms with Crippen molar-refractivity contribution in [1.82, 2.24) is 25.0 Å². The minimum Gasteiger partial charge on any atom is -0.492 e. The van der Waals surface area contributed by atoms with Gasteiger partial charge in [-0.25, -0.2) is 4.99 Å². The lowest BCUT2D eigenvalue weighted by atomic mass is 10.3. The zero-order valence-corrected chi connectivity index (χ0v) is 17.4. The highest BCUT2D eigenvalue weighted by Gasteiger charge is 2.07. The molecular weight excluding hydrogens is 431 g/mol. The first-order valence-electron chi connectivity index (χ1n) is 8.28. The molecule has 1 aromatic heterocycles. The summed E-state index contributed by atoms with van der Waals surface area (Å²) in [5.74, 6) is 2.57. The van der Waals surface area contributed by atoms with Gasteiger partial charge in [0, 0.05) is 20.1 Å². The fourth-order valence-electron chi connectivity index (χ4n) is 2.20. The number of para-hydroxylation sites is 1. The van der Waals surface area contributed by atoms with E-state index >= 15 is 0 Å². The Bertz CT molecular complexity index is 631. The summed E-state index contributed by atoms with van der Waals surface area (Å²) in [6, 6.07) is 9.82. The molecule has 0 aliphatic carbocycles. The second-order valence-electron chi connectivity index (χ2n) is 5.29. The van der Waals surface area contributed by atoms with E-state index in [1.807, 2.05) is 41.9 Å². The molecule has 1 heterocycles. The molecule has 0 atom stereocenters. The number of aromatic nitrogens is 3. The molecule has 0 aliphatic heterocycles. The van der Waals surface area contributed by atoms with Crippen LogP contribution >= 0.6 is 24.0 Å². The van der Waals surface area contributed by atoms with E-state index in [1.165, 1.54) is 0 Å². The number of aliphatic imine (C=N–C) groups is 1. The van der Waals surface area contributed by atoms with Gasteiger partial charge in [-0.2, -0.15) is 0 Å². The molecule has 138 valence electrons. The first-order valence-corrected chi connectivity index (χ1v) is 8.28. The minimum absolute atomic E-state index is 0. The van der Waals surface area contributed by atoms with Crippen LogP contribution in [0, 0.1) is 0 Å². The number of rotatable bonds is 8. The molecule has 1 aromatic carbocycles. The lowest BCUT2D eigenvalue weighted by molar-refractivity contribution is 0.281. The van der Waals surface area contributed by atoms with Crippen LogP contribution in [0.3, 0.4) is 0 Å². The van der Waals surface area contributed by atoms with Crippen molar-refractivity contribution in [3.8, 4) is 5.75 Å². The van der Waals surface area contributed by atoms with Crippen LogP contribution in [0.5, 0.6) is 5.75 Å². The van der Waals surface area contributed by atoms with E-state index in [9.17, 15) is 0 Å². The zero-order chi connectivity index (χ0) is 17.2. The number of likely N-dealkylation sites (N-methyl/N-ethyl adjacent to an activating group) is 1. The van der Waals surface area contributed by atoms with Gasteiger partial charge in [-0.3, -0.25) is 0 Å². The molecule has 1 N–H and O–H groups in total. The monoisotopic (exact) mass is 458 g/mol. The average Bonchev–Trinajstić information content (AvgIpc) is 3.07. The lowest BCUT2D eigenvalue weighted by Gasteiger charge is -2.22. The summed E-state index contributed by atoms with van der Waals surface area (Å²) >= 11 is 0. The lowest BCUT2D eigenvalue weighted by Crippen LogP contribution is -2.40. The normalized spacial score (nSPS) is 10.9. The Morgan fingerprint density at radius 2 is 2.04 bits per heavy atom. The van der Waals surface area contributed by atoms with Gasteiger partial charge in [-0.05, 0) is 26.0 Å². The summed E-state index contributed by atoms with van der Waals surface area (Å²) in [5, 5.41) is 11.3. The van der Waals surface area contributed by atoms with Crippen molar-refractivity contribution in [3.63, 3.8) is 0 Å². The number of aryl methyl sites for hydroxylation is 1. The Hall–Kier alpha value is -1.84. The molecule has 0 saturated heterocycles. The van der Waals surface area contributed by atoms with Crippen molar-refractivity contribution < 1.29 is 4.74 Å². The summed E-state index contributed by atoms with van der Waals surface area (Å²) in [4.78, 5) is 6.70. The molecule has 0 amide bonds. The number of benzene rings is 1. The Morgan fingerprint density at radius 1 is 1.28 bits per heavy atom. The maximum atomic E-state index is 5.74. The van der Waals surface area contributed by atoms with E-state index in [0.29, 0.717) is 13.2 Å². The molecule has 8 heteroatoms. The van der Waals surface area contributed by atoms with Gasteiger partial charge in [0.25, 0.3) is 0 Å². The molecule has 2 aromatic rings. The third kappa shape index (κ3) is 6.89. The van der Waals surface area contributed by atoms with Crippen LogP contribution in [0.2, 0.25) is 0 Å². The maximum Gasteiger partial charge on any atom is 0.194 e. The van der Waals surface area contributed by atoms with E-state index in [1.54, 1.807) is 6.33 Å². The van der Waals surface area contributed by atoms with Crippen molar-refractivity contribution in [2.45, 2.75) is 26.9 Å². The zero-order valence-electron chi connectivity index (χ0n) is 15.1. The van der Waals surface area contributed by atoms with Crippen LogP contribution < -0.4 is 10.1 Å². The predicted octanol–water partition coefficient (Wildman–Crippen LogP) is 2.39. The Kier molecular flexibility index (Phi) is 9.90. The maximum absolute atomic E-state index is 5.74. The van der Waals surface area contributed by atoms with Gasteiger partial charge in [0.05, 0.1) is 6.54 Å². The van der Waals surface area contributed by atoms with Crippen LogP contribution in [0.25, 0.3) is 0 Å². The molecule has 0 fully saturated rings. The SMILES string of the molecule is CCNC(=NCc1nncn1CC)N(C)CCOc1ccccc1.I. The fourth-order valence-corrected chi connectivity index (χ4v) is 2.20. The van der Waals surface area contributed by atoms with Gasteiger partial charge in [0.15, 0.2) is 11.8 Å². The number of nitrogens with one attached hydrogen (secondary N) is 1. The summed E-state index contributed by atoms with van der Waals surface area (Å²) in [6.07, 6.45) is 1.73.